The van der Waals surface area contributed by atoms with Gasteiger partial charge in [-0.2, -0.15) is 26.3 Å². The number of pyridine rings is 2. The number of halogens is 6. The highest BCUT2D eigenvalue weighted by Crippen LogP contribution is 2.37. The van der Waals surface area contributed by atoms with Gasteiger partial charge in [0.2, 0.25) is 0 Å². The lowest BCUT2D eigenvalue weighted by atomic mass is 9.99. The molecule has 0 unspecified atom stereocenters. The first-order valence-electron chi connectivity index (χ1n) is 10.3. The van der Waals surface area contributed by atoms with E-state index < -0.39 is 35.9 Å². The van der Waals surface area contributed by atoms with Crippen molar-refractivity contribution in [2.45, 2.75) is 18.9 Å². The number of nitrogens with zero attached hydrogens (tertiary/aromatic N) is 3. The van der Waals surface area contributed by atoms with Gasteiger partial charge in [0.15, 0.2) is 0 Å². The first kappa shape index (κ1) is 24.2. The second kappa shape index (κ2) is 9.01. The van der Waals surface area contributed by atoms with Gasteiger partial charge >= 0.3 is 12.4 Å². The Morgan fingerprint density at radius 1 is 0.857 bits per heavy atom. The van der Waals surface area contributed by atoms with Crippen LogP contribution >= 0.6 is 0 Å². The highest BCUT2D eigenvalue weighted by atomic mass is 19.4. The van der Waals surface area contributed by atoms with Gasteiger partial charge in [-0.15, -0.1) is 0 Å². The molecule has 180 valence electrons. The molecule has 4 aromatic rings. The molecule has 35 heavy (non-hydrogen) atoms. The van der Waals surface area contributed by atoms with Crippen molar-refractivity contribution in [3.05, 3.63) is 95.3 Å². The normalized spacial score (nSPS) is 12.1. The lowest BCUT2D eigenvalue weighted by Crippen LogP contribution is -2.27. The fourth-order valence-corrected chi connectivity index (χ4v) is 3.75. The Bertz CT molecular complexity index is 1350. The molecule has 0 N–H and O–H groups in total. The fraction of sp³-hybridized carbons (Fsp3) is 0.160. The van der Waals surface area contributed by atoms with Crippen molar-refractivity contribution >= 4 is 16.8 Å². The van der Waals surface area contributed by atoms with Crippen molar-refractivity contribution in [1.29, 1.82) is 0 Å². The molecule has 0 saturated carbocycles. The largest absolute Gasteiger partial charge is 0.416 e. The van der Waals surface area contributed by atoms with Crippen LogP contribution < -0.4 is 0 Å². The van der Waals surface area contributed by atoms with E-state index in [2.05, 4.69) is 9.97 Å². The SMILES string of the molecule is CN(Cc1cc(C(F)(F)F)cc(C(F)(F)F)c1)C(=O)c1cnc2ccccc2c1-c1ccccn1. The van der Waals surface area contributed by atoms with Crippen LogP contribution in [0, 0.1) is 0 Å². The minimum Gasteiger partial charge on any atom is -0.337 e. The molecule has 1 amide bonds. The number of aromatic nitrogens is 2. The summed E-state index contributed by atoms with van der Waals surface area (Å²) in [6.07, 6.45) is -7.08. The predicted octanol–water partition coefficient (Wildman–Crippen LogP) is 6.61. The van der Waals surface area contributed by atoms with Crippen molar-refractivity contribution in [3.8, 4) is 11.3 Å². The van der Waals surface area contributed by atoms with E-state index in [1.165, 1.54) is 13.2 Å². The number of rotatable bonds is 4. The summed E-state index contributed by atoms with van der Waals surface area (Å²) < 4.78 is 79.3. The Balaban J connectivity index is 1.76. The summed E-state index contributed by atoms with van der Waals surface area (Å²) in [5.74, 6) is -0.630. The minimum absolute atomic E-state index is 0.0533. The summed E-state index contributed by atoms with van der Waals surface area (Å²) in [6.45, 7) is -0.486. The van der Waals surface area contributed by atoms with Gasteiger partial charge in [0.25, 0.3) is 5.91 Å². The standard InChI is InChI=1S/C25H17F6N3O/c1-34(14-15-10-16(24(26,27)28)12-17(11-15)25(29,30)31)23(35)19-13-33-20-7-3-2-6-18(20)22(19)21-8-4-5-9-32-21/h2-13H,14H2,1H3. The second-order valence-electron chi connectivity index (χ2n) is 7.85. The molecule has 4 nitrogen and oxygen atoms in total. The second-order valence-corrected chi connectivity index (χ2v) is 7.85. The van der Waals surface area contributed by atoms with Crippen LogP contribution in [0.3, 0.4) is 0 Å². The van der Waals surface area contributed by atoms with Crippen molar-refractivity contribution in [2.24, 2.45) is 0 Å². The quantitative estimate of drug-likeness (QED) is 0.303. The van der Waals surface area contributed by atoms with Crippen LogP contribution in [-0.4, -0.2) is 27.8 Å². The van der Waals surface area contributed by atoms with Gasteiger partial charge in [-0.05, 0) is 42.0 Å². The van der Waals surface area contributed by atoms with Crippen molar-refractivity contribution in [1.82, 2.24) is 14.9 Å². The summed E-state index contributed by atoms with van der Waals surface area (Å²) in [7, 11) is 1.30. The molecule has 0 bridgehead atoms. The van der Waals surface area contributed by atoms with Crippen LogP contribution in [0.25, 0.3) is 22.2 Å². The van der Waals surface area contributed by atoms with Crippen molar-refractivity contribution < 1.29 is 31.1 Å². The molecule has 0 aliphatic carbocycles. The molecule has 0 spiro atoms. The molecule has 0 saturated heterocycles. The molecule has 2 aromatic heterocycles. The monoisotopic (exact) mass is 489 g/mol. The van der Waals surface area contributed by atoms with Gasteiger partial charge in [-0.1, -0.05) is 24.3 Å². The molecule has 2 heterocycles. The van der Waals surface area contributed by atoms with E-state index in [1.807, 2.05) is 0 Å². The maximum Gasteiger partial charge on any atom is 0.416 e. The van der Waals surface area contributed by atoms with E-state index in [4.69, 9.17) is 0 Å². The Kier molecular flexibility index (Phi) is 6.23. The average molecular weight is 489 g/mol. The summed E-state index contributed by atoms with van der Waals surface area (Å²) in [5.41, 5.74) is -1.53. The third-order valence-electron chi connectivity index (χ3n) is 5.34. The lowest BCUT2D eigenvalue weighted by Gasteiger charge is -2.21. The first-order valence-corrected chi connectivity index (χ1v) is 10.3. The molecular formula is C25H17F6N3O. The van der Waals surface area contributed by atoms with E-state index in [-0.39, 0.29) is 17.2 Å². The molecule has 4 rings (SSSR count). The van der Waals surface area contributed by atoms with Crippen molar-refractivity contribution in [2.75, 3.05) is 7.05 Å². The van der Waals surface area contributed by atoms with Crippen LogP contribution in [0.2, 0.25) is 0 Å². The fourth-order valence-electron chi connectivity index (χ4n) is 3.75. The average Bonchev–Trinajstić information content (AvgIpc) is 2.82. The zero-order chi connectivity index (χ0) is 25.4. The van der Waals surface area contributed by atoms with Crippen LogP contribution in [0.15, 0.2) is 73.1 Å². The molecular weight excluding hydrogens is 472 g/mol. The maximum atomic E-state index is 13.4. The zero-order valence-electron chi connectivity index (χ0n) is 18.2. The number of hydrogen-bond donors (Lipinski definition) is 0. The molecule has 10 heteroatoms. The van der Waals surface area contributed by atoms with E-state index in [0.717, 1.165) is 4.90 Å². The van der Waals surface area contributed by atoms with Crippen LogP contribution in [0.4, 0.5) is 26.3 Å². The first-order chi connectivity index (χ1) is 16.4. The molecule has 0 aliphatic heterocycles. The molecule has 0 radical (unpaired) electrons. The van der Waals surface area contributed by atoms with Crippen LogP contribution in [-0.2, 0) is 18.9 Å². The number of para-hydroxylation sites is 1. The van der Waals surface area contributed by atoms with E-state index in [1.54, 1.807) is 48.7 Å². The number of hydrogen-bond acceptors (Lipinski definition) is 3. The van der Waals surface area contributed by atoms with E-state index in [9.17, 15) is 31.1 Å². The molecule has 0 atom stereocenters. The maximum absolute atomic E-state index is 13.4. The summed E-state index contributed by atoms with van der Waals surface area (Å²) in [6, 6.07) is 13.4. The topological polar surface area (TPSA) is 46.1 Å². The smallest absolute Gasteiger partial charge is 0.337 e. The van der Waals surface area contributed by atoms with Gasteiger partial charge in [-0.25, -0.2) is 0 Å². The Labute approximate surface area is 195 Å². The summed E-state index contributed by atoms with van der Waals surface area (Å²) >= 11 is 0. The van der Waals surface area contributed by atoms with E-state index >= 15 is 0 Å². The van der Waals surface area contributed by atoms with Gasteiger partial charge in [0.05, 0.1) is 27.9 Å². The minimum atomic E-state index is -4.98. The number of carbonyl (C=O) groups is 1. The lowest BCUT2D eigenvalue weighted by molar-refractivity contribution is -0.143. The third-order valence-corrected chi connectivity index (χ3v) is 5.34. The number of alkyl halides is 6. The van der Waals surface area contributed by atoms with E-state index in [0.29, 0.717) is 34.3 Å². The number of carbonyl (C=O) groups excluding carboxylic acids is 1. The molecule has 0 fully saturated rings. The van der Waals surface area contributed by atoms with Gasteiger partial charge in [0, 0.05) is 36.9 Å². The number of amides is 1. The van der Waals surface area contributed by atoms with Crippen LogP contribution in [0.5, 0.6) is 0 Å². The molecule has 2 aromatic carbocycles. The highest BCUT2D eigenvalue weighted by Gasteiger charge is 2.37. The Hall–Kier alpha value is -3.95. The Morgan fingerprint density at radius 2 is 1.49 bits per heavy atom. The number of fused-ring (bicyclic) bond motifs is 1. The summed E-state index contributed by atoms with van der Waals surface area (Å²) in [5, 5.41) is 0.629. The third kappa shape index (κ3) is 5.11. The predicted molar refractivity (Wildman–Crippen MR) is 117 cm³/mol. The van der Waals surface area contributed by atoms with Gasteiger partial charge in [-0.3, -0.25) is 14.8 Å². The van der Waals surface area contributed by atoms with Crippen molar-refractivity contribution in [3.63, 3.8) is 0 Å². The molecule has 0 aliphatic rings. The number of benzene rings is 2. The van der Waals surface area contributed by atoms with Crippen LogP contribution in [0.1, 0.15) is 27.0 Å². The highest BCUT2D eigenvalue weighted by molar-refractivity contribution is 6.08. The van der Waals surface area contributed by atoms with Gasteiger partial charge in [0.1, 0.15) is 0 Å². The zero-order valence-corrected chi connectivity index (χ0v) is 18.2. The van der Waals surface area contributed by atoms with Gasteiger partial charge < -0.3 is 4.90 Å². The Morgan fingerprint density at radius 3 is 2.09 bits per heavy atom. The summed E-state index contributed by atoms with van der Waals surface area (Å²) in [4.78, 5) is 23.0.